The van der Waals surface area contributed by atoms with Gasteiger partial charge in [0.25, 0.3) is 0 Å². The quantitative estimate of drug-likeness (QED) is 0.812. The Morgan fingerprint density at radius 1 is 1.27 bits per heavy atom. The second-order valence-corrected chi connectivity index (χ2v) is 3.46. The van der Waals surface area contributed by atoms with Crippen LogP contribution in [-0.4, -0.2) is 19.9 Å². The molecule has 0 saturated carbocycles. The maximum atomic E-state index is 9.96. The SMILES string of the molecule is Cn1nccc1C(O)Cc1ccncc1. The van der Waals surface area contributed by atoms with Crippen LogP contribution >= 0.6 is 0 Å². The molecule has 0 amide bonds. The number of aromatic nitrogens is 3. The molecule has 0 saturated heterocycles. The van der Waals surface area contributed by atoms with Crippen molar-refractivity contribution in [1.29, 1.82) is 0 Å². The van der Waals surface area contributed by atoms with Gasteiger partial charge in [-0.1, -0.05) is 0 Å². The molecule has 0 aliphatic heterocycles. The minimum absolute atomic E-state index is 0.514. The van der Waals surface area contributed by atoms with Crippen LogP contribution < -0.4 is 0 Å². The number of hydrogen-bond acceptors (Lipinski definition) is 3. The first kappa shape index (κ1) is 9.86. The molecule has 4 nitrogen and oxygen atoms in total. The standard InChI is InChI=1S/C11H13N3O/c1-14-10(4-7-13-14)11(15)8-9-2-5-12-6-3-9/h2-7,11,15H,8H2,1H3. The van der Waals surface area contributed by atoms with E-state index in [1.54, 1.807) is 23.3 Å². The van der Waals surface area contributed by atoms with Crippen LogP contribution in [0.3, 0.4) is 0 Å². The maximum absolute atomic E-state index is 9.96. The summed E-state index contributed by atoms with van der Waals surface area (Å²) in [6, 6.07) is 5.63. The van der Waals surface area contributed by atoms with E-state index < -0.39 is 6.10 Å². The fourth-order valence-electron chi connectivity index (χ4n) is 1.56. The zero-order chi connectivity index (χ0) is 10.7. The Balaban J connectivity index is 2.11. The molecule has 1 N–H and O–H groups in total. The molecule has 4 heteroatoms. The lowest BCUT2D eigenvalue weighted by molar-refractivity contribution is 0.168. The summed E-state index contributed by atoms with van der Waals surface area (Å²) in [6.45, 7) is 0. The topological polar surface area (TPSA) is 50.9 Å². The monoisotopic (exact) mass is 203 g/mol. The van der Waals surface area contributed by atoms with Crippen LogP contribution in [0.1, 0.15) is 17.4 Å². The highest BCUT2D eigenvalue weighted by Crippen LogP contribution is 2.16. The number of pyridine rings is 1. The molecule has 0 aliphatic rings. The van der Waals surface area contributed by atoms with Gasteiger partial charge in [-0.2, -0.15) is 5.10 Å². The minimum Gasteiger partial charge on any atom is -0.386 e. The fraction of sp³-hybridized carbons (Fsp3) is 0.273. The summed E-state index contributed by atoms with van der Waals surface area (Å²) in [5.74, 6) is 0. The Morgan fingerprint density at radius 3 is 2.60 bits per heavy atom. The molecule has 2 heterocycles. The van der Waals surface area contributed by atoms with Crippen molar-refractivity contribution in [2.24, 2.45) is 7.05 Å². The van der Waals surface area contributed by atoms with Crippen molar-refractivity contribution in [3.63, 3.8) is 0 Å². The molecule has 0 aliphatic carbocycles. The highest BCUT2D eigenvalue weighted by Gasteiger charge is 2.11. The molecule has 78 valence electrons. The number of aryl methyl sites for hydroxylation is 1. The van der Waals surface area contributed by atoms with Crippen molar-refractivity contribution < 1.29 is 5.11 Å². The van der Waals surface area contributed by atoms with Gasteiger partial charge in [0.05, 0.1) is 11.8 Å². The van der Waals surface area contributed by atoms with Crippen LogP contribution in [0.15, 0.2) is 36.8 Å². The Bertz CT molecular complexity index is 424. The molecule has 1 unspecified atom stereocenters. The first-order chi connectivity index (χ1) is 7.27. The number of rotatable bonds is 3. The van der Waals surface area contributed by atoms with Gasteiger partial charge in [-0.3, -0.25) is 9.67 Å². The summed E-state index contributed by atoms with van der Waals surface area (Å²) in [4.78, 5) is 3.93. The van der Waals surface area contributed by atoms with Crippen LogP contribution in [0.4, 0.5) is 0 Å². The molecule has 15 heavy (non-hydrogen) atoms. The predicted octanol–water partition coefficient (Wildman–Crippen LogP) is 1.09. The van der Waals surface area contributed by atoms with Crippen LogP contribution in [0.2, 0.25) is 0 Å². The average Bonchev–Trinajstić information content (AvgIpc) is 2.66. The summed E-state index contributed by atoms with van der Waals surface area (Å²) < 4.78 is 1.69. The van der Waals surface area contributed by atoms with Gasteiger partial charge in [0.15, 0.2) is 0 Å². The van der Waals surface area contributed by atoms with E-state index in [4.69, 9.17) is 0 Å². The van der Waals surface area contributed by atoms with E-state index >= 15 is 0 Å². The lowest BCUT2D eigenvalue weighted by Crippen LogP contribution is -2.07. The van der Waals surface area contributed by atoms with Gasteiger partial charge >= 0.3 is 0 Å². The van der Waals surface area contributed by atoms with E-state index in [2.05, 4.69) is 10.1 Å². The fourth-order valence-corrected chi connectivity index (χ4v) is 1.56. The first-order valence-corrected chi connectivity index (χ1v) is 4.82. The normalized spacial score (nSPS) is 12.7. The van der Waals surface area contributed by atoms with Crippen LogP contribution in [0, 0.1) is 0 Å². The second kappa shape index (κ2) is 4.23. The largest absolute Gasteiger partial charge is 0.386 e. The highest BCUT2D eigenvalue weighted by molar-refractivity contribution is 5.14. The Hall–Kier alpha value is -1.68. The number of aliphatic hydroxyl groups excluding tert-OH is 1. The van der Waals surface area contributed by atoms with E-state index in [0.29, 0.717) is 6.42 Å². The van der Waals surface area contributed by atoms with E-state index in [9.17, 15) is 5.11 Å². The van der Waals surface area contributed by atoms with Crippen molar-refractivity contribution in [3.05, 3.63) is 48.0 Å². The lowest BCUT2D eigenvalue weighted by atomic mass is 10.1. The smallest absolute Gasteiger partial charge is 0.0996 e. The van der Waals surface area contributed by atoms with Crippen molar-refractivity contribution >= 4 is 0 Å². The molecule has 0 bridgehead atoms. The van der Waals surface area contributed by atoms with E-state index in [-0.39, 0.29) is 0 Å². The third kappa shape index (κ3) is 2.22. The maximum Gasteiger partial charge on any atom is 0.0996 e. The second-order valence-electron chi connectivity index (χ2n) is 3.46. The molecule has 0 aromatic carbocycles. The van der Waals surface area contributed by atoms with Gasteiger partial charge in [-0.05, 0) is 23.8 Å². The molecular formula is C11H13N3O. The molecule has 1 atom stereocenters. The summed E-state index contributed by atoms with van der Waals surface area (Å²) >= 11 is 0. The molecular weight excluding hydrogens is 190 g/mol. The average molecular weight is 203 g/mol. The van der Waals surface area contributed by atoms with Gasteiger partial charge in [0.2, 0.25) is 0 Å². The van der Waals surface area contributed by atoms with E-state index in [0.717, 1.165) is 11.3 Å². The molecule has 2 rings (SSSR count). The minimum atomic E-state index is -0.514. The number of aliphatic hydroxyl groups is 1. The Kier molecular flexibility index (Phi) is 2.78. The van der Waals surface area contributed by atoms with Gasteiger partial charge < -0.3 is 5.11 Å². The van der Waals surface area contributed by atoms with Gasteiger partial charge in [0.1, 0.15) is 0 Å². The lowest BCUT2D eigenvalue weighted by Gasteiger charge is -2.10. The third-order valence-corrected chi connectivity index (χ3v) is 2.38. The molecule has 0 fully saturated rings. The van der Waals surface area contributed by atoms with Crippen LogP contribution in [-0.2, 0) is 13.5 Å². The molecule has 0 radical (unpaired) electrons. The molecule has 2 aromatic rings. The summed E-state index contributed by atoms with van der Waals surface area (Å²) in [5.41, 5.74) is 1.89. The summed E-state index contributed by atoms with van der Waals surface area (Å²) in [6.07, 6.45) is 5.21. The van der Waals surface area contributed by atoms with E-state index in [1.807, 2.05) is 25.2 Å². The predicted molar refractivity (Wildman–Crippen MR) is 56.1 cm³/mol. The van der Waals surface area contributed by atoms with E-state index in [1.165, 1.54) is 0 Å². The summed E-state index contributed by atoms with van der Waals surface area (Å²) in [5, 5.41) is 14.0. The first-order valence-electron chi connectivity index (χ1n) is 4.82. The van der Waals surface area contributed by atoms with Gasteiger partial charge in [0, 0.05) is 32.1 Å². The van der Waals surface area contributed by atoms with Gasteiger partial charge in [-0.25, -0.2) is 0 Å². The van der Waals surface area contributed by atoms with Crippen LogP contribution in [0.25, 0.3) is 0 Å². The highest BCUT2D eigenvalue weighted by atomic mass is 16.3. The van der Waals surface area contributed by atoms with Crippen molar-refractivity contribution in [2.45, 2.75) is 12.5 Å². The summed E-state index contributed by atoms with van der Waals surface area (Å²) in [7, 11) is 1.82. The molecule has 2 aromatic heterocycles. The van der Waals surface area contributed by atoms with Crippen LogP contribution in [0.5, 0.6) is 0 Å². The Labute approximate surface area is 88.2 Å². The van der Waals surface area contributed by atoms with Crippen molar-refractivity contribution in [3.8, 4) is 0 Å². The van der Waals surface area contributed by atoms with Crippen molar-refractivity contribution in [2.75, 3.05) is 0 Å². The Morgan fingerprint density at radius 2 is 2.00 bits per heavy atom. The zero-order valence-electron chi connectivity index (χ0n) is 8.54. The number of hydrogen-bond donors (Lipinski definition) is 1. The van der Waals surface area contributed by atoms with Crippen molar-refractivity contribution in [1.82, 2.24) is 14.8 Å². The number of nitrogens with zero attached hydrogens (tertiary/aromatic N) is 3. The zero-order valence-corrected chi connectivity index (χ0v) is 8.54. The van der Waals surface area contributed by atoms with Gasteiger partial charge in [-0.15, -0.1) is 0 Å². The third-order valence-electron chi connectivity index (χ3n) is 2.38. The molecule has 0 spiro atoms.